The topological polar surface area (TPSA) is 69.4 Å². The summed E-state index contributed by atoms with van der Waals surface area (Å²) in [6.45, 7) is 0. The fourth-order valence-corrected chi connectivity index (χ4v) is 1.69. The summed E-state index contributed by atoms with van der Waals surface area (Å²) in [5.41, 5.74) is 0.248. The molecule has 0 amide bonds. The van der Waals surface area contributed by atoms with Gasteiger partial charge in [-0.15, -0.1) is 0 Å². The first-order valence-electron chi connectivity index (χ1n) is 5.28. The van der Waals surface area contributed by atoms with Gasteiger partial charge in [0.05, 0.1) is 15.5 Å². The van der Waals surface area contributed by atoms with Crippen molar-refractivity contribution in [1.82, 2.24) is 0 Å². The number of hydrogen-bond acceptors (Lipinski definition) is 4. The minimum absolute atomic E-state index is 0.106. The van der Waals surface area contributed by atoms with Gasteiger partial charge >= 0.3 is 0 Å². The van der Waals surface area contributed by atoms with Gasteiger partial charge in [-0.05, 0) is 18.2 Å². The van der Waals surface area contributed by atoms with Crippen LogP contribution in [-0.4, -0.2) is 11.2 Å². The first kappa shape index (κ1) is 13.0. The molecule has 6 heteroatoms. The normalized spacial score (nSPS) is 9.95. The van der Waals surface area contributed by atoms with Crippen LogP contribution in [-0.2, 0) is 0 Å². The highest BCUT2D eigenvalue weighted by Gasteiger charge is 2.12. The van der Waals surface area contributed by atoms with E-state index in [-0.39, 0.29) is 16.5 Å². The molecule has 0 N–H and O–H groups in total. The molecule has 0 fully saturated rings. The third-order valence-electron chi connectivity index (χ3n) is 2.39. The van der Waals surface area contributed by atoms with Crippen molar-refractivity contribution in [1.29, 1.82) is 0 Å². The van der Waals surface area contributed by atoms with Crippen molar-refractivity contribution in [2.24, 2.45) is 0 Å². The van der Waals surface area contributed by atoms with Crippen LogP contribution in [0.4, 0.5) is 5.69 Å². The van der Waals surface area contributed by atoms with Crippen molar-refractivity contribution in [3.63, 3.8) is 0 Å². The Labute approximate surface area is 113 Å². The fraction of sp³-hybridized carbons (Fsp3) is 0. The predicted molar refractivity (Wildman–Crippen MR) is 70.0 cm³/mol. The number of aldehydes is 1. The van der Waals surface area contributed by atoms with Gasteiger partial charge in [0, 0.05) is 12.1 Å². The third-order valence-corrected chi connectivity index (χ3v) is 2.69. The Morgan fingerprint density at radius 1 is 1.16 bits per heavy atom. The van der Waals surface area contributed by atoms with E-state index in [4.69, 9.17) is 16.3 Å². The lowest BCUT2D eigenvalue weighted by molar-refractivity contribution is -0.384. The molecule has 0 aliphatic carbocycles. The zero-order valence-electron chi connectivity index (χ0n) is 9.58. The molecule has 19 heavy (non-hydrogen) atoms. The molecule has 0 heterocycles. The van der Waals surface area contributed by atoms with E-state index in [1.54, 1.807) is 24.3 Å². The molecule has 0 atom stereocenters. The van der Waals surface area contributed by atoms with Gasteiger partial charge in [0.25, 0.3) is 5.69 Å². The summed E-state index contributed by atoms with van der Waals surface area (Å²) in [7, 11) is 0. The van der Waals surface area contributed by atoms with Gasteiger partial charge < -0.3 is 4.74 Å². The summed E-state index contributed by atoms with van der Waals surface area (Å²) in [5, 5.41) is 10.7. The van der Waals surface area contributed by atoms with Crippen molar-refractivity contribution in [2.75, 3.05) is 0 Å². The lowest BCUT2D eigenvalue weighted by Gasteiger charge is -2.08. The van der Waals surface area contributed by atoms with Gasteiger partial charge in [0.2, 0.25) is 0 Å². The molecule has 5 nitrogen and oxygen atoms in total. The van der Waals surface area contributed by atoms with Crippen LogP contribution in [0, 0.1) is 10.1 Å². The van der Waals surface area contributed by atoms with Gasteiger partial charge in [-0.2, -0.15) is 0 Å². The second-order valence-corrected chi connectivity index (χ2v) is 4.04. The summed E-state index contributed by atoms with van der Waals surface area (Å²) in [6.07, 6.45) is 0.661. The van der Waals surface area contributed by atoms with E-state index in [0.29, 0.717) is 17.6 Å². The smallest absolute Gasteiger partial charge is 0.271 e. The number of hydrogen-bond donors (Lipinski definition) is 0. The largest absolute Gasteiger partial charge is 0.455 e. The van der Waals surface area contributed by atoms with E-state index >= 15 is 0 Å². The van der Waals surface area contributed by atoms with Crippen LogP contribution in [0.25, 0.3) is 0 Å². The molecule has 0 unspecified atom stereocenters. The van der Waals surface area contributed by atoms with Gasteiger partial charge in [-0.25, -0.2) is 0 Å². The first-order valence-corrected chi connectivity index (χ1v) is 5.65. The molecule has 0 aliphatic rings. The number of para-hydroxylation sites is 1. The number of nitrogens with zero attached hydrogens (tertiary/aromatic N) is 1. The number of nitro benzene ring substituents is 1. The Hall–Kier alpha value is -2.40. The highest BCUT2D eigenvalue weighted by atomic mass is 35.5. The quantitative estimate of drug-likeness (QED) is 0.483. The average molecular weight is 278 g/mol. The summed E-state index contributed by atoms with van der Waals surface area (Å²) in [6, 6.07) is 10.5. The molecule has 0 radical (unpaired) electrons. The zero-order chi connectivity index (χ0) is 13.8. The number of carbonyl (C=O) groups is 1. The molecule has 0 aromatic heterocycles. The molecule has 0 spiro atoms. The maximum absolute atomic E-state index is 10.8. The van der Waals surface area contributed by atoms with E-state index in [2.05, 4.69) is 0 Å². The number of carbonyl (C=O) groups excluding carboxylic acids is 1. The number of benzene rings is 2. The van der Waals surface area contributed by atoms with Crippen molar-refractivity contribution in [3.8, 4) is 11.5 Å². The molecule has 2 aromatic rings. The second-order valence-electron chi connectivity index (χ2n) is 3.63. The Kier molecular flexibility index (Phi) is 3.77. The molecule has 0 aliphatic heterocycles. The van der Waals surface area contributed by atoms with Gasteiger partial charge in [-0.3, -0.25) is 14.9 Å². The van der Waals surface area contributed by atoms with Crippen LogP contribution >= 0.6 is 11.6 Å². The fourth-order valence-electron chi connectivity index (χ4n) is 1.48. The molecule has 2 aromatic carbocycles. The Morgan fingerprint density at radius 2 is 1.89 bits per heavy atom. The van der Waals surface area contributed by atoms with Crippen LogP contribution in [0.3, 0.4) is 0 Å². The number of nitro groups is 1. The molecular weight excluding hydrogens is 270 g/mol. The van der Waals surface area contributed by atoms with Crippen molar-refractivity contribution >= 4 is 23.6 Å². The Morgan fingerprint density at radius 3 is 2.53 bits per heavy atom. The minimum atomic E-state index is -0.547. The van der Waals surface area contributed by atoms with E-state index < -0.39 is 4.92 Å². The maximum atomic E-state index is 10.8. The predicted octanol–water partition coefficient (Wildman–Crippen LogP) is 3.85. The zero-order valence-corrected chi connectivity index (χ0v) is 10.3. The summed E-state index contributed by atoms with van der Waals surface area (Å²) >= 11 is 5.90. The van der Waals surface area contributed by atoms with E-state index in [0.717, 1.165) is 0 Å². The lowest BCUT2D eigenvalue weighted by Crippen LogP contribution is -1.92. The van der Waals surface area contributed by atoms with Gasteiger partial charge in [0.15, 0.2) is 6.29 Å². The molecular formula is C13H8ClNO4. The summed E-state index contributed by atoms with van der Waals surface area (Å²) < 4.78 is 5.48. The molecule has 96 valence electrons. The van der Waals surface area contributed by atoms with Crippen LogP contribution < -0.4 is 4.74 Å². The number of halogens is 1. The average Bonchev–Trinajstić information content (AvgIpc) is 2.41. The highest BCUT2D eigenvalue weighted by Crippen LogP contribution is 2.33. The second kappa shape index (κ2) is 5.49. The van der Waals surface area contributed by atoms with Crippen molar-refractivity contribution in [2.45, 2.75) is 0 Å². The molecule has 0 bridgehead atoms. The molecule has 0 saturated heterocycles. The summed E-state index contributed by atoms with van der Waals surface area (Å²) in [4.78, 5) is 20.9. The number of non-ortho nitro benzene ring substituents is 1. The van der Waals surface area contributed by atoms with Crippen LogP contribution in [0.5, 0.6) is 11.5 Å². The maximum Gasteiger partial charge on any atom is 0.271 e. The van der Waals surface area contributed by atoms with Crippen molar-refractivity contribution < 1.29 is 14.5 Å². The van der Waals surface area contributed by atoms with Crippen molar-refractivity contribution in [3.05, 3.63) is 63.2 Å². The van der Waals surface area contributed by atoms with Gasteiger partial charge in [-0.1, -0.05) is 23.7 Å². The Bertz CT molecular complexity index is 642. The van der Waals surface area contributed by atoms with Crippen LogP contribution in [0.2, 0.25) is 5.02 Å². The molecule has 2 rings (SSSR count). The lowest BCUT2D eigenvalue weighted by atomic mass is 10.2. The SMILES string of the molecule is O=Cc1ccccc1Oc1ccc([N+](=O)[O-])cc1Cl. The van der Waals surface area contributed by atoms with Crippen LogP contribution in [0.15, 0.2) is 42.5 Å². The third kappa shape index (κ3) is 2.89. The molecule has 0 saturated carbocycles. The Balaban J connectivity index is 2.33. The van der Waals surface area contributed by atoms with E-state index in [1.807, 2.05) is 0 Å². The number of ether oxygens (including phenoxy) is 1. The summed E-state index contributed by atoms with van der Waals surface area (Å²) in [5.74, 6) is 0.592. The van der Waals surface area contributed by atoms with Gasteiger partial charge in [0.1, 0.15) is 11.5 Å². The highest BCUT2D eigenvalue weighted by molar-refractivity contribution is 6.32. The van der Waals surface area contributed by atoms with Crippen LogP contribution in [0.1, 0.15) is 10.4 Å². The van der Waals surface area contributed by atoms with E-state index in [1.165, 1.54) is 18.2 Å². The standard InChI is InChI=1S/C13H8ClNO4/c14-11-7-10(15(17)18)5-6-13(11)19-12-4-2-1-3-9(12)8-16/h1-8H. The first-order chi connectivity index (χ1) is 9.11. The minimum Gasteiger partial charge on any atom is -0.455 e. The number of rotatable bonds is 4. The van der Waals surface area contributed by atoms with E-state index in [9.17, 15) is 14.9 Å². The monoisotopic (exact) mass is 277 g/mol.